The van der Waals surface area contributed by atoms with Crippen molar-refractivity contribution in [2.75, 3.05) is 48.3 Å². The van der Waals surface area contributed by atoms with Gasteiger partial charge in [0.2, 0.25) is 54.5 Å². The number of carbonyl (C=O) groups excluding carboxylic acids is 6. The topological polar surface area (TPSA) is 608 Å². The van der Waals surface area contributed by atoms with Gasteiger partial charge in [-0.3, -0.25) is 52.5 Å². The number of nitrogens with two attached hydrogens (primary N) is 1. The zero-order valence-corrected chi connectivity index (χ0v) is 63.6. The van der Waals surface area contributed by atoms with Crippen LogP contribution in [0.1, 0.15) is 85.3 Å². The molecule has 598 valence electrons. The molecule has 4 heterocycles. The van der Waals surface area contributed by atoms with Crippen molar-refractivity contribution in [2.45, 2.75) is 126 Å². The fraction of sp³-hybridized carbons (Fsp3) is 0.353. The summed E-state index contributed by atoms with van der Waals surface area (Å²) >= 11 is 0. The zero-order valence-electron chi connectivity index (χ0n) is 60.3. The van der Waals surface area contributed by atoms with Gasteiger partial charge >= 0.3 is 11.9 Å². The molecule has 0 saturated carbocycles. The average molecular weight is 1620 g/mol. The summed E-state index contributed by atoms with van der Waals surface area (Å²) in [5.74, 6) is -11.7. The highest BCUT2D eigenvalue weighted by atomic mass is 32.3. The number of H-pyrrole nitrogens is 2. The SMILES string of the molecule is Cc1cc(C)c(S(=O)(=O)N[C@@H](CNC(=O)c2cn(CCCNC(=O)[C@H](CS(=O)(=O)O)NC(=O)[C@@H](N)CCC(=O)N[C@@H](CS(O)(O)O)C(=O)NCCCn3cc(C(=O)NC[C@H](NS(=O)(=O)c4c(C)cccc4C)C(=O)O)c(=O)c4ccc(CNc5ncc[nH]5)cc43)c3cc(CNc4ncc[nH]4)ccc3c2=O)C(=O)O)c(C)c1. The zero-order chi connectivity index (χ0) is 81.4. The van der Waals surface area contributed by atoms with Crippen molar-refractivity contribution in [1.82, 2.24) is 70.4 Å². The Bertz CT molecular complexity index is 5260. The van der Waals surface area contributed by atoms with Crippen LogP contribution in [0.15, 0.2) is 123 Å². The van der Waals surface area contributed by atoms with Crippen LogP contribution in [0.25, 0.3) is 21.8 Å². The summed E-state index contributed by atoms with van der Waals surface area (Å²) < 4.78 is 126. The number of aliphatic carboxylic acids is 2. The Kier molecular flexibility index (Phi) is 28.6. The Morgan fingerprint density at radius 3 is 1.38 bits per heavy atom. The molecule has 8 aromatic rings. The number of imidazole rings is 2. The van der Waals surface area contributed by atoms with E-state index in [4.69, 9.17) is 5.73 Å². The molecule has 0 bridgehead atoms. The Hall–Kier alpha value is -11.0. The Morgan fingerprint density at radius 1 is 0.541 bits per heavy atom. The first-order valence-electron chi connectivity index (χ1n) is 34.0. The lowest BCUT2D eigenvalue weighted by molar-refractivity contribution is -0.139. The minimum Gasteiger partial charge on any atom is -0.480 e. The number of carboxylic acid groups (broad SMARTS) is 2. The second-order valence-electron chi connectivity index (χ2n) is 26.0. The maximum atomic E-state index is 14.1. The van der Waals surface area contributed by atoms with E-state index < -0.39 is 178 Å². The Morgan fingerprint density at radius 2 is 0.973 bits per heavy atom. The number of hydrogen-bond donors (Lipinski definition) is 19. The predicted molar refractivity (Wildman–Crippen MR) is 406 cm³/mol. The summed E-state index contributed by atoms with van der Waals surface area (Å²) in [5.41, 5.74) is 7.39. The summed E-state index contributed by atoms with van der Waals surface area (Å²) in [6.45, 7) is 5.86. The molecule has 5 atom stereocenters. The molecule has 4 aromatic carbocycles. The van der Waals surface area contributed by atoms with Gasteiger partial charge in [0.1, 0.15) is 41.0 Å². The highest BCUT2D eigenvalue weighted by Crippen LogP contribution is 2.33. The number of carboxylic acids is 2. The summed E-state index contributed by atoms with van der Waals surface area (Å²) in [5, 5.41) is 40.2. The quantitative estimate of drug-likeness (QED) is 0.0186. The predicted octanol–water partition coefficient (Wildman–Crippen LogP) is 0.753. The number of pyridine rings is 2. The lowest BCUT2D eigenvalue weighted by Gasteiger charge is -2.26. The standard InChI is InChI=1S/C68H85N17O22S4/c1-37-25-40(4)59(41(5)26-37)111(106,107)83-50(66(96)97)32-77-61(90)47-34-85(54-28-43(12-14-45(54)57(47)88)30-79-68-74-21-22-75-68)24-8-18-71-64(93)52(36-109(101,102)103)81-62(91)48(69)15-16-55(86)80-51(35-108(98,99)100)63(92)70-17-7-23-84-33-46(56(87)44-13-11-42(27-53(44)84)29-78-67-72-19-20-73-67)60(89)76-31-49(65(94)95)82-110(104,105)58-38(2)9-6-10-39(58)3/h6,9-14,19-22,25-28,33-34,48-52,82-83,98-100H,7-8,15-18,23-24,29-32,35-36,69H2,1-5H3,(H,70,92)(H,71,93)(H,76,89)(H,77,90)(H,80,86)(H,81,91)(H,94,95)(H,96,97)(H2,72,73,78)(H2,74,75,79)(H,101,102,103)/t48-,49-,50-,51-,52-/m0/s1. The lowest BCUT2D eigenvalue weighted by atomic mass is 10.1. The number of nitrogens with one attached hydrogen (secondary N) is 12. The van der Waals surface area contributed by atoms with E-state index in [2.05, 4.69) is 71.9 Å². The van der Waals surface area contributed by atoms with Gasteiger partial charge in [-0.05, 0) is 112 Å². The van der Waals surface area contributed by atoms with Crippen molar-refractivity contribution >= 4 is 122 Å². The van der Waals surface area contributed by atoms with Crippen LogP contribution in [-0.4, -0.2) is 198 Å². The van der Waals surface area contributed by atoms with Gasteiger partial charge in [-0.25, -0.2) is 26.8 Å². The number of aromatic amines is 2. The molecule has 0 radical (unpaired) electrons. The van der Waals surface area contributed by atoms with E-state index in [1.165, 1.54) is 79.7 Å². The van der Waals surface area contributed by atoms with Gasteiger partial charge in [0.25, 0.3) is 21.9 Å². The van der Waals surface area contributed by atoms with Gasteiger partial charge in [0.15, 0.2) is 11.9 Å². The van der Waals surface area contributed by atoms with Crippen LogP contribution in [0.3, 0.4) is 0 Å². The van der Waals surface area contributed by atoms with E-state index in [1.807, 2.05) is 0 Å². The third-order valence-corrected chi connectivity index (χ3v) is 22.3. The normalized spacial score (nSPS) is 13.4. The van der Waals surface area contributed by atoms with Crippen LogP contribution in [0.5, 0.6) is 0 Å². The first-order valence-corrected chi connectivity index (χ1v) is 40.3. The molecular weight excluding hydrogens is 1540 g/mol. The van der Waals surface area contributed by atoms with E-state index in [1.54, 1.807) is 61.8 Å². The van der Waals surface area contributed by atoms with Gasteiger partial charge in [-0.15, -0.1) is 0 Å². The first-order chi connectivity index (χ1) is 52.2. The largest absolute Gasteiger partial charge is 0.480 e. The Balaban J connectivity index is 0.887. The molecule has 0 fully saturated rings. The smallest absolute Gasteiger partial charge is 0.323 e. The number of benzene rings is 4. The maximum absolute atomic E-state index is 14.1. The highest BCUT2D eigenvalue weighted by molar-refractivity contribution is 8.19. The summed E-state index contributed by atoms with van der Waals surface area (Å²) in [6.07, 6.45) is 7.18. The van der Waals surface area contributed by atoms with Gasteiger partial charge in [0.05, 0.1) is 43.5 Å². The number of anilines is 2. The van der Waals surface area contributed by atoms with E-state index >= 15 is 0 Å². The third kappa shape index (κ3) is 23.8. The molecular formula is C68H85N17O22S4. The number of fused-ring (bicyclic) bond motifs is 2. The fourth-order valence-electron chi connectivity index (χ4n) is 12.1. The van der Waals surface area contributed by atoms with Crippen molar-refractivity contribution in [3.63, 3.8) is 0 Å². The van der Waals surface area contributed by atoms with Crippen molar-refractivity contribution in [3.05, 3.63) is 174 Å². The molecule has 20 N–H and O–H groups in total. The molecule has 111 heavy (non-hydrogen) atoms. The monoisotopic (exact) mass is 1620 g/mol. The minimum atomic E-state index is -5.04. The number of aryl methyl sites for hydroxylation is 7. The van der Waals surface area contributed by atoms with Crippen molar-refractivity contribution in [1.29, 1.82) is 0 Å². The lowest BCUT2D eigenvalue weighted by Crippen LogP contribution is -2.54. The van der Waals surface area contributed by atoms with Gasteiger partial charge in [-0.1, -0.05) is 48.0 Å². The van der Waals surface area contributed by atoms with E-state index in [0.717, 1.165) is 11.8 Å². The Labute approximate surface area is 636 Å². The van der Waals surface area contributed by atoms with Crippen LogP contribution in [0.4, 0.5) is 11.9 Å². The number of carbonyl (C=O) groups is 8. The van der Waals surface area contributed by atoms with Crippen LogP contribution in [0.2, 0.25) is 0 Å². The number of amides is 6. The number of rotatable bonds is 40. The summed E-state index contributed by atoms with van der Waals surface area (Å²) in [4.78, 5) is 149. The van der Waals surface area contributed by atoms with Crippen LogP contribution < -0.4 is 68.6 Å². The minimum absolute atomic E-state index is 0.00329. The van der Waals surface area contributed by atoms with E-state index in [0.29, 0.717) is 45.3 Å². The second-order valence-corrected chi connectivity index (χ2v) is 32.4. The highest BCUT2D eigenvalue weighted by Gasteiger charge is 2.34. The number of aromatic nitrogens is 6. The van der Waals surface area contributed by atoms with Crippen LogP contribution >= 0.6 is 10.9 Å². The fourth-order valence-corrected chi connectivity index (χ4v) is 16.7. The molecule has 6 amide bonds. The van der Waals surface area contributed by atoms with Crippen LogP contribution in [0, 0.1) is 34.6 Å². The van der Waals surface area contributed by atoms with Crippen LogP contribution in [-0.2, 0) is 85.1 Å². The molecule has 0 spiro atoms. The van der Waals surface area contributed by atoms with Gasteiger partial charge in [-0.2, -0.15) is 17.9 Å². The number of hydrogen-bond acceptors (Lipinski definition) is 24. The molecule has 8 rings (SSSR count). The third-order valence-electron chi connectivity index (χ3n) is 17.2. The molecule has 39 nitrogen and oxygen atoms in total. The summed E-state index contributed by atoms with van der Waals surface area (Å²) in [6, 6.07) is 7.76. The number of sulfonamides is 2. The van der Waals surface area contributed by atoms with E-state index in [-0.39, 0.29) is 83.7 Å². The molecule has 0 aliphatic heterocycles. The van der Waals surface area contributed by atoms with E-state index in [9.17, 15) is 102 Å². The molecule has 0 aliphatic carbocycles. The first kappa shape index (κ1) is 85.6. The second kappa shape index (κ2) is 37.1. The average Bonchev–Trinajstić information content (AvgIpc) is 1.56. The van der Waals surface area contributed by atoms with Crippen molar-refractivity contribution in [3.8, 4) is 0 Å². The van der Waals surface area contributed by atoms with Crippen molar-refractivity contribution in [2.24, 2.45) is 5.73 Å². The molecule has 0 aliphatic rings. The molecule has 43 heteroatoms. The van der Waals surface area contributed by atoms with Gasteiger partial charge < -0.3 is 91.2 Å². The summed E-state index contributed by atoms with van der Waals surface area (Å²) in [7, 11) is -18.5. The maximum Gasteiger partial charge on any atom is 0.323 e. The molecule has 0 unspecified atom stereocenters. The number of nitrogens with zero attached hydrogens (tertiary/aromatic N) is 4. The van der Waals surface area contributed by atoms with Gasteiger partial charge in [0, 0.05) is 107 Å². The molecule has 0 saturated heterocycles. The molecule has 4 aromatic heterocycles. The van der Waals surface area contributed by atoms with Crippen molar-refractivity contribution < 1.29 is 92.0 Å².